The lowest BCUT2D eigenvalue weighted by atomic mass is 10.1. The van der Waals surface area contributed by atoms with Crippen molar-refractivity contribution >= 4 is 35.0 Å². The van der Waals surface area contributed by atoms with E-state index in [1.54, 1.807) is 17.5 Å². The van der Waals surface area contributed by atoms with E-state index in [1.807, 2.05) is 31.2 Å². The van der Waals surface area contributed by atoms with E-state index in [1.165, 1.54) is 24.5 Å². The molecule has 0 radical (unpaired) electrons. The zero-order valence-corrected chi connectivity index (χ0v) is 12.6. The van der Waals surface area contributed by atoms with E-state index in [0.29, 0.717) is 10.6 Å². The Kier molecular flexibility index (Phi) is 4.90. The van der Waals surface area contributed by atoms with Crippen molar-refractivity contribution in [1.29, 1.82) is 0 Å². The van der Waals surface area contributed by atoms with Crippen LogP contribution in [0, 0.1) is 6.92 Å². The number of aryl methyl sites for hydroxylation is 1. The predicted octanol–water partition coefficient (Wildman–Crippen LogP) is 3.50. The van der Waals surface area contributed by atoms with E-state index in [0.717, 1.165) is 11.1 Å². The van der Waals surface area contributed by atoms with Crippen molar-refractivity contribution in [1.82, 2.24) is 0 Å². The standard InChI is InChI=1S/C16H15NO3S/c1-11-4-3-5-12(10-11)6-7-14(18)17-13-8-9-21-15(13)16(19)20-2/h3-10H,1-2H3,(H,17,18)/b7-6+. The lowest BCUT2D eigenvalue weighted by Crippen LogP contribution is -2.10. The van der Waals surface area contributed by atoms with Gasteiger partial charge in [0.05, 0.1) is 12.8 Å². The molecule has 0 atom stereocenters. The monoisotopic (exact) mass is 301 g/mol. The molecule has 0 bridgehead atoms. The van der Waals surface area contributed by atoms with Crippen LogP contribution in [0.5, 0.6) is 0 Å². The predicted molar refractivity (Wildman–Crippen MR) is 84.5 cm³/mol. The molecule has 1 N–H and O–H groups in total. The number of carbonyl (C=O) groups is 2. The number of hydrogen-bond donors (Lipinski definition) is 1. The molecule has 2 rings (SSSR count). The number of carbonyl (C=O) groups excluding carboxylic acids is 2. The van der Waals surface area contributed by atoms with Gasteiger partial charge in [0.2, 0.25) is 5.91 Å². The van der Waals surface area contributed by atoms with Crippen LogP contribution in [0.15, 0.2) is 41.8 Å². The molecule has 0 saturated carbocycles. The highest BCUT2D eigenvalue weighted by molar-refractivity contribution is 7.12. The minimum Gasteiger partial charge on any atom is -0.465 e. The first-order valence-electron chi connectivity index (χ1n) is 6.31. The maximum atomic E-state index is 11.9. The third kappa shape index (κ3) is 4.03. The molecule has 2 aromatic rings. The highest BCUT2D eigenvalue weighted by atomic mass is 32.1. The molecular weight excluding hydrogens is 286 g/mol. The number of rotatable bonds is 4. The van der Waals surface area contributed by atoms with Gasteiger partial charge < -0.3 is 10.1 Å². The number of thiophene rings is 1. The van der Waals surface area contributed by atoms with Gasteiger partial charge in [-0.2, -0.15) is 0 Å². The Morgan fingerprint density at radius 3 is 2.81 bits per heavy atom. The van der Waals surface area contributed by atoms with Crippen molar-refractivity contribution in [2.75, 3.05) is 12.4 Å². The number of hydrogen-bond acceptors (Lipinski definition) is 4. The molecule has 0 fully saturated rings. The average molecular weight is 301 g/mol. The average Bonchev–Trinajstić information content (AvgIpc) is 2.92. The van der Waals surface area contributed by atoms with E-state index in [2.05, 4.69) is 10.1 Å². The number of anilines is 1. The van der Waals surface area contributed by atoms with E-state index >= 15 is 0 Å². The zero-order chi connectivity index (χ0) is 15.2. The van der Waals surface area contributed by atoms with Gasteiger partial charge in [0.25, 0.3) is 0 Å². The Morgan fingerprint density at radius 1 is 1.29 bits per heavy atom. The Morgan fingerprint density at radius 2 is 2.10 bits per heavy atom. The van der Waals surface area contributed by atoms with E-state index < -0.39 is 5.97 Å². The van der Waals surface area contributed by atoms with Crippen molar-refractivity contribution in [3.63, 3.8) is 0 Å². The first kappa shape index (κ1) is 15.0. The molecule has 0 aliphatic heterocycles. The van der Waals surface area contributed by atoms with Crippen LogP contribution in [0.25, 0.3) is 6.08 Å². The third-order valence-electron chi connectivity index (χ3n) is 2.76. The zero-order valence-electron chi connectivity index (χ0n) is 11.8. The van der Waals surface area contributed by atoms with Crippen molar-refractivity contribution in [2.45, 2.75) is 6.92 Å². The minimum absolute atomic E-state index is 0.292. The fourth-order valence-electron chi connectivity index (χ4n) is 1.78. The molecule has 1 heterocycles. The highest BCUT2D eigenvalue weighted by Gasteiger charge is 2.14. The van der Waals surface area contributed by atoms with Gasteiger partial charge >= 0.3 is 5.97 Å². The van der Waals surface area contributed by atoms with Crippen molar-refractivity contribution in [2.24, 2.45) is 0 Å². The van der Waals surface area contributed by atoms with Crippen LogP contribution in [0.4, 0.5) is 5.69 Å². The summed E-state index contributed by atoms with van der Waals surface area (Å²) in [7, 11) is 1.31. The molecule has 21 heavy (non-hydrogen) atoms. The second-order valence-electron chi connectivity index (χ2n) is 4.39. The van der Waals surface area contributed by atoms with Crippen LogP contribution in [-0.4, -0.2) is 19.0 Å². The Hall–Kier alpha value is -2.40. The summed E-state index contributed by atoms with van der Waals surface area (Å²) >= 11 is 1.23. The smallest absolute Gasteiger partial charge is 0.350 e. The summed E-state index contributed by atoms with van der Waals surface area (Å²) < 4.78 is 4.66. The van der Waals surface area contributed by atoms with Gasteiger partial charge in [-0.15, -0.1) is 11.3 Å². The van der Waals surface area contributed by atoms with Crippen LogP contribution in [0.2, 0.25) is 0 Å². The summed E-state index contributed by atoms with van der Waals surface area (Å²) in [6.45, 7) is 1.99. The molecule has 0 aliphatic rings. The lowest BCUT2D eigenvalue weighted by Gasteiger charge is -2.02. The van der Waals surface area contributed by atoms with Gasteiger partial charge in [0.15, 0.2) is 0 Å². The molecule has 4 nitrogen and oxygen atoms in total. The van der Waals surface area contributed by atoms with Crippen LogP contribution >= 0.6 is 11.3 Å². The Bertz CT molecular complexity index is 688. The molecule has 108 valence electrons. The summed E-state index contributed by atoms with van der Waals surface area (Å²) in [6, 6.07) is 9.50. The van der Waals surface area contributed by atoms with E-state index in [4.69, 9.17) is 0 Å². The second-order valence-corrected chi connectivity index (χ2v) is 5.31. The summed E-state index contributed by atoms with van der Waals surface area (Å²) in [5, 5.41) is 4.40. The van der Waals surface area contributed by atoms with Gasteiger partial charge in [0, 0.05) is 6.08 Å². The summed E-state index contributed by atoms with van der Waals surface area (Å²) in [4.78, 5) is 23.8. The maximum Gasteiger partial charge on any atom is 0.350 e. The molecule has 0 unspecified atom stereocenters. The molecular formula is C16H15NO3S. The molecule has 1 amide bonds. The Balaban J connectivity index is 2.05. The van der Waals surface area contributed by atoms with Gasteiger partial charge in [-0.05, 0) is 30.0 Å². The van der Waals surface area contributed by atoms with E-state index in [-0.39, 0.29) is 5.91 Å². The molecule has 0 aliphatic carbocycles. The highest BCUT2D eigenvalue weighted by Crippen LogP contribution is 2.23. The van der Waals surface area contributed by atoms with Crippen LogP contribution < -0.4 is 5.32 Å². The van der Waals surface area contributed by atoms with Crippen molar-refractivity contribution in [3.8, 4) is 0 Å². The van der Waals surface area contributed by atoms with Gasteiger partial charge in [-0.1, -0.05) is 29.8 Å². The summed E-state index contributed by atoms with van der Waals surface area (Å²) in [5.74, 6) is -0.747. The number of esters is 1. The van der Waals surface area contributed by atoms with Gasteiger partial charge in [-0.3, -0.25) is 4.79 Å². The Labute approximate surface area is 127 Å². The second kappa shape index (κ2) is 6.85. The molecule has 1 aromatic heterocycles. The van der Waals surface area contributed by atoms with Crippen LogP contribution in [-0.2, 0) is 9.53 Å². The molecule has 0 spiro atoms. The topological polar surface area (TPSA) is 55.4 Å². The maximum absolute atomic E-state index is 11.9. The van der Waals surface area contributed by atoms with Crippen LogP contribution in [0.3, 0.4) is 0 Å². The van der Waals surface area contributed by atoms with Gasteiger partial charge in [0.1, 0.15) is 4.88 Å². The van der Waals surface area contributed by atoms with Gasteiger partial charge in [-0.25, -0.2) is 4.79 Å². The normalized spacial score (nSPS) is 10.6. The first-order chi connectivity index (χ1) is 10.1. The number of benzene rings is 1. The minimum atomic E-state index is -0.456. The number of methoxy groups -OCH3 is 1. The molecule has 1 aromatic carbocycles. The number of ether oxygens (including phenoxy) is 1. The van der Waals surface area contributed by atoms with Crippen LogP contribution in [0.1, 0.15) is 20.8 Å². The fraction of sp³-hybridized carbons (Fsp3) is 0.125. The largest absolute Gasteiger partial charge is 0.465 e. The fourth-order valence-corrected chi connectivity index (χ4v) is 2.54. The van der Waals surface area contributed by atoms with Crippen molar-refractivity contribution < 1.29 is 14.3 Å². The first-order valence-corrected chi connectivity index (χ1v) is 7.19. The van der Waals surface area contributed by atoms with E-state index in [9.17, 15) is 9.59 Å². The molecule has 5 heteroatoms. The SMILES string of the molecule is COC(=O)c1sccc1NC(=O)/C=C/c1cccc(C)c1. The summed E-state index contributed by atoms with van der Waals surface area (Å²) in [5.41, 5.74) is 2.54. The van der Waals surface area contributed by atoms with Crippen molar-refractivity contribution in [3.05, 3.63) is 57.8 Å². The summed E-state index contributed by atoms with van der Waals surface area (Å²) in [6.07, 6.45) is 3.17. The third-order valence-corrected chi connectivity index (χ3v) is 3.66. The number of nitrogens with one attached hydrogen (secondary N) is 1. The number of amides is 1. The molecule has 0 saturated heterocycles. The quantitative estimate of drug-likeness (QED) is 0.694. The lowest BCUT2D eigenvalue weighted by molar-refractivity contribution is -0.111.